The molecule has 3 rings (SSSR count). The van der Waals surface area contributed by atoms with Gasteiger partial charge in [-0.15, -0.1) is 11.3 Å². The second-order valence-corrected chi connectivity index (χ2v) is 6.96. The summed E-state index contributed by atoms with van der Waals surface area (Å²) < 4.78 is 2.83. The van der Waals surface area contributed by atoms with Crippen LogP contribution in [0.2, 0.25) is 4.34 Å². The lowest BCUT2D eigenvalue weighted by Crippen LogP contribution is -2.16. The molecule has 0 aliphatic heterocycles. The molecule has 1 N–H and O–H groups in total. The molecule has 2 heterocycles. The summed E-state index contributed by atoms with van der Waals surface area (Å²) >= 11 is 7.88. The molecule has 2 aromatic heterocycles. The highest BCUT2D eigenvalue weighted by atomic mass is 35.5. The molecule has 2 aromatic rings. The quantitative estimate of drug-likeness (QED) is 0.898. The number of nitrogens with one attached hydrogen (secondary N) is 1. The van der Waals surface area contributed by atoms with Gasteiger partial charge in [-0.3, -0.25) is 4.68 Å². The van der Waals surface area contributed by atoms with Crippen LogP contribution < -0.4 is 5.32 Å². The van der Waals surface area contributed by atoms with Gasteiger partial charge in [-0.05, 0) is 44.7 Å². The van der Waals surface area contributed by atoms with Crippen molar-refractivity contribution in [3.63, 3.8) is 0 Å². The highest BCUT2D eigenvalue weighted by Crippen LogP contribution is 2.40. The summed E-state index contributed by atoms with van der Waals surface area (Å²) in [5, 5.41) is 8.14. The van der Waals surface area contributed by atoms with Crippen molar-refractivity contribution in [1.82, 2.24) is 9.78 Å². The van der Waals surface area contributed by atoms with E-state index in [1.54, 1.807) is 11.3 Å². The summed E-state index contributed by atoms with van der Waals surface area (Å²) in [6, 6.07) is 2.49. The van der Waals surface area contributed by atoms with Crippen molar-refractivity contribution in [2.75, 3.05) is 5.32 Å². The minimum Gasteiger partial charge on any atom is -0.375 e. The monoisotopic (exact) mass is 295 g/mol. The third-order valence-corrected chi connectivity index (χ3v) is 5.25. The molecule has 5 heteroatoms. The van der Waals surface area contributed by atoms with Crippen LogP contribution in [0.5, 0.6) is 0 Å². The summed E-state index contributed by atoms with van der Waals surface area (Å²) in [7, 11) is 1.99. The van der Waals surface area contributed by atoms with Crippen molar-refractivity contribution in [2.45, 2.75) is 39.2 Å². The number of halogens is 1. The van der Waals surface area contributed by atoms with Gasteiger partial charge in [0.15, 0.2) is 0 Å². The van der Waals surface area contributed by atoms with E-state index >= 15 is 0 Å². The molecule has 0 fully saturated rings. The van der Waals surface area contributed by atoms with Gasteiger partial charge in [-0.1, -0.05) is 11.6 Å². The number of aryl methyl sites for hydroxylation is 3. The van der Waals surface area contributed by atoms with E-state index in [1.807, 2.05) is 11.7 Å². The minimum atomic E-state index is 0.370. The van der Waals surface area contributed by atoms with E-state index in [-0.39, 0.29) is 0 Å². The van der Waals surface area contributed by atoms with Gasteiger partial charge in [-0.25, -0.2) is 0 Å². The first-order valence-electron chi connectivity index (χ1n) is 6.61. The smallest absolute Gasteiger partial charge is 0.0934 e. The molecular weight excluding hydrogens is 278 g/mol. The normalized spacial score (nSPS) is 18.4. The summed E-state index contributed by atoms with van der Waals surface area (Å²) in [6.45, 7) is 4.16. The van der Waals surface area contributed by atoms with Crippen molar-refractivity contribution in [3.8, 4) is 0 Å². The third-order valence-electron chi connectivity index (χ3n) is 3.91. The highest BCUT2D eigenvalue weighted by molar-refractivity contribution is 7.16. The number of nitrogens with zero attached hydrogens (tertiary/aromatic N) is 2. The van der Waals surface area contributed by atoms with Crippen molar-refractivity contribution in [3.05, 3.63) is 32.2 Å². The first kappa shape index (κ1) is 13.0. The number of hydrogen-bond acceptors (Lipinski definition) is 3. The molecule has 3 nitrogen and oxygen atoms in total. The molecule has 1 unspecified atom stereocenters. The number of rotatable bonds is 2. The Bertz CT molecular complexity index is 614. The molecule has 102 valence electrons. The van der Waals surface area contributed by atoms with Crippen LogP contribution in [0.1, 0.15) is 40.7 Å². The van der Waals surface area contributed by atoms with E-state index < -0.39 is 0 Å². The Morgan fingerprint density at radius 2 is 2.26 bits per heavy atom. The molecule has 0 saturated heterocycles. The topological polar surface area (TPSA) is 29.9 Å². The zero-order valence-corrected chi connectivity index (χ0v) is 13.0. The Balaban J connectivity index is 1.92. The standard InChI is InChI=1S/C14H18ClN3S/c1-8-14(9(2)18(3)17-8)16-11-5-4-6-12-10(11)7-13(15)19-12/h7,11,16H,4-6H2,1-3H3. The summed E-state index contributed by atoms with van der Waals surface area (Å²) in [4.78, 5) is 1.44. The van der Waals surface area contributed by atoms with Crippen LogP contribution in [0.15, 0.2) is 6.07 Å². The molecule has 0 radical (unpaired) electrons. The fraction of sp³-hybridized carbons (Fsp3) is 0.500. The molecule has 1 aliphatic carbocycles. The largest absolute Gasteiger partial charge is 0.375 e. The van der Waals surface area contributed by atoms with E-state index in [4.69, 9.17) is 11.6 Å². The van der Waals surface area contributed by atoms with E-state index in [0.29, 0.717) is 6.04 Å². The summed E-state index contributed by atoms with van der Waals surface area (Å²) in [5.74, 6) is 0. The Kier molecular flexibility index (Phi) is 3.31. The van der Waals surface area contributed by atoms with Gasteiger partial charge in [-0.2, -0.15) is 5.10 Å². The zero-order valence-electron chi connectivity index (χ0n) is 11.5. The highest BCUT2D eigenvalue weighted by Gasteiger charge is 2.24. The van der Waals surface area contributed by atoms with Crippen molar-refractivity contribution in [2.24, 2.45) is 7.05 Å². The summed E-state index contributed by atoms with van der Waals surface area (Å²) in [6.07, 6.45) is 3.55. The summed E-state index contributed by atoms with van der Waals surface area (Å²) in [5.41, 5.74) is 4.80. The number of aromatic nitrogens is 2. The maximum Gasteiger partial charge on any atom is 0.0934 e. The predicted molar refractivity (Wildman–Crippen MR) is 81.3 cm³/mol. The average molecular weight is 296 g/mol. The van der Waals surface area contributed by atoms with E-state index in [9.17, 15) is 0 Å². The average Bonchev–Trinajstić information content (AvgIpc) is 2.84. The maximum atomic E-state index is 6.16. The molecule has 0 saturated carbocycles. The van der Waals surface area contributed by atoms with Gasteiger partial charge in [0.25, 0.3) is 0 Å². The SMILES string of the molecule is Cc1nn(C)c(C)c1NC1CCCc2sc(Cl)cc21. The van der Waals surface area contributed by atoms with E-state index in [1.165, 1.54) is 28.2 Å². The fourth-order valence-electron chi connectivity index (χ4n) is 2.83. The maximum absolute atomic E-state index is 6.16. The van der Waals surface area contributed by atoms with Crippen LogP contribution in [-0.4, -0.2) is 9.78 Å². The Labute approximate surface area is 122 Å². The minimum absolute atomic E-state index is 0.370. The number of anilines is 1. The first-order valence-corrected chi connectivity index (χ1v) is 7.80. The Hall–Kier alpha value is -1.00. The first-order chi connectivity index (χ1) is 9.06. The second kappa shape index (κ2) is 4.84. The van der Waals surface area contributed by atoms with Crippen molar-refractivity contribution >= 4 is 28.6 Å². The van der Waals surface area contributed by atoms with Crippen LogP contribution in [0.25, 0.3) is 0 Å². The number of hydrogen-bond donors (Lipinski definition) is 1. The van der Waals surface area contributed by atoms with Gasteiger partial charge in [0.2, 0.25) is 0 Å². The van der Waals surface area contributed by atoms with Crippen LogP contribution >= 0.6 is 22.9 Å². The lowest BCUT2D eigenvalue weighted by molar-refractivity contribution is 0.608. The lowest BCUT2D eigenvalue weighted by Gasteiger charge is -2.24. The van der Waals surface area contributed by atoms with Crippen LogP contribution in [0.3, 0.4) is 0 Å². The van der Waals surface area contributed by atoms with Crippen LogP contribution in [-0.2, 0) is 13.5 Å². The molecule has 0 aromatic carbocycles. The molecule has 0 spiro atoms. The van der Waals surface area contributed by atoms with Crippen molar-refractivity contribution in [1.29, 1.82) is 0 Å². The number of thiophene rings is 1. The fourth-order valence-corrected chi connectivity index (χ4v) is 4.21. The molecule has 19 heavy (non-hydrogen) atoms. The van der Waals surface area contributed by atoms with Gasteiger partial charge in [0.05, 0.1) is 27.5 Å². The van der Waals surface area contributed by atoms with E-state index in [2.05, 4.69) is 30.3 Å². The van der Waals surface area contributed by atoms with Gasteiger partial charge < -0.3 is 5.32 Å². The predicted octanol–water partition coefficient (Wildman–Crippen LogP) is 4.24. The Morgan fingerprint density at radius 3 is 2.95 bits per heavy atom. The van der Waals surface area contributed by atoms with Crippen molar-refractivity contribution < 1.29 is 0 Å². The van der Waals surface area contributed by atoms with Gasteiger partial charge >= 0.3 is 0 Å². The van der Waals surface area contributed by atoms with Gasteiger partial charge in [0, 0.05) is 11.9 Å². The van der Waals surface area contributed by atoms with Gasteiger partial charge in [0.1, 0.15) is 0 Å². The molecule has 1 aliphatic rings. The van der Waals surface area contributed by atoms with E-state index in [0.717, 1.165) is 22.9 Å². The molecule has 1 atom stereocenters. The van der Waals surface area contributed by atoms with Crippen LogP contribution in [0.4, 0.5) is 5.69 Å². The molecule has 0 amide bonds. The third kappa shape index (κ3) is 2.28. The number of fused-ring (bicyclic) bond motifs is 1. The van der Waals surface area contributed by atoms with Crippen LogP contribution in [0, 0.1) is 13.8 Å². The Morgan fingerprint density at radius 1 is 1.47 bits per heavy atom. The zero-order chi connectivity index (χ0) is 13.6. The lowest BCUT2D eigenvalue weighted by atomic mass is 9.94. The molecule has 0 bridgehead atoms. The second-order valence-electron chi connectivity index (χ2n) is 5.19. The molecular formula is C14H18ClN3S.